The van der Waals surface area contributed by atoms with Gasteiger partial charge in [0.2, 0.25) is 5.91 Å². The van der Waals surface area contributed by atoms with Crippen molar-refractivity contribution in [2.24, 2.45) is 5.92 Å². The van der Waals surface area contributed by atoms with E-state index in [0.717, 1.165) is 36.1 Å². The molecular weight excluding hydrogens is 328 g/mol. The highest BCUT2D eigenvalue weighted by molar-refractivity contribution is 5.95. The van der Waals surface area contributed by atoms with Crippen molar-refractivity contribution in [1.82, 2.24) is 9.80 Å². The van der Waals surface area contributed by atoms with E-state index in [9.17, 15) is 9.59 Å². The van der Waals surface area contributed by atoms with E-state index in [4.69, 9.17) is 4.74 Å². The summed E-state index contributed by atoms with van der Waals surface area (Å²) in [5, 5.41) is 0. The highest BCUT2D eigenvalue weighted by Crippen LogP contribution is 2.23. The maximum Gasteiger partial charge on any atom is 0.253 e. The van der Waals surface area contributed by atoms with E-state index in [1.807, 2.05) is 49.6 Å². The van der Waals surface area contributed by atoms with Gasteiger partial charge in [-0.3, -0.25) is 9.59 Å². The lowest BCUT2D eigenvalue weighted by molar-refractivity contribution is -0.148. The third kappa shape index (κ3) is 4.26. The molecule has 3 atom stereocenters. The molecule has 0 spiro atoms. The number of carbonyl (C=O) groups is 2. The molecule has 2 fully saturated rings. The van der Waals surface area contributed by atoms with Crippen LogP contribution in [0, 0.1) is 19.8 Å². The maximum absolute atomic E-state index is 13.0. The molecule has 5 heteroatoms. The SMILES string of the molecule is Cc1cc(C)cc(C(=O)N2CCCC(C(=O)N3CC(C)OC(C)C3)C2)c1. The topological polar surface area (TPSA) is 49.9 Å². The fraction of sp³-hybridized carbons (Fsp3) is 0.619. The molecule has 2 heterocycles. The summed E-state index contributed by atoms with van der Waals surface area (Å²) in [5.41, 5.74) is 2.91. The number of hydrogen-bond donors (Lipinski definition) is 0. The van der Waals surface area contributed by atoms with Crippen molar-refractivity contribution < 1.29 is 14.3 Å². The van der Waals surface area contributed by atoms with Crippen molar-refractivity contribution in [2.45, 2.75) is 52.7 Å². The molecule has 2 amide bonds. The second-order valence-corrected chi connectivity index (χ2v) is 7.97. The van der Waals surface area contributed by atoms with Gasteiger partial charge in [-0.2, -0.15) is 0 Å². The number of likely N-dealkylation sites (tertiary alicyclic amines) is 1. The van der Waals surface area contributed by atoms with Gasteiger partial charge in [-0.05, 0) is 52.7 Å². The summed E-state index contributed by atoms with van der Waals surface area (Å²) in [7, 11) is 0. The molecule has 5 nitrogen and oxygen atoms in total. The molecule has 142 valence electrons. The fourth-order valence-electron chi connectivity index (χ4n) is 4.26. The van der Waals surface area contributed by atoms with E-state index in [1.165, 1.54) is 0 Å². The molecule has 0 aromatic heterocycles. The number of piperidine rings is 1. The molecule has 26 heavy (non-hydrogen) atoms. The molecule has 3 rings (SSSR count). The first-order chi connectivity index (χ1) is 12.3. The third-order valence-electron chi connectivity index (χ3n) is 5.26. The Hall–Kier alpha value is -1.88. The Kier molecular flexibility index (Phi) is 5.66. The van der Waals surface area contributed by atoms with Crippen LogP contribution in [0.2, 0.25) is 0 Å². The first-order valence-corrected chi connectivity index (χ1v) is 9.65. The van der Waals surface area contributed by atoms with Crippen molar-refractivity contribution in [3.8, 4) is 0 Å². The summed E-state index contributed by atoms with van der Waals surface area (Å²) in [6, 6.07) is 5.94. The van der Waals surface area contributed by atoms with E-state index < -0.39 is 0 Å². The number of benzene rings is 1. The molecule has 3 unspecified atom stereocenters. The minimum absolute atomic E-state index is 0.0398. The average Bonchev–Trinajstić information content (AvgIpc) is 2.59. The molecule has 2 aliphatic heterocycles. The minimum atomic E-state index is -0.101. The molecule has 2 aliphatic rings. The van der Waals surface area contributed by atoms with Gasteiger partial charge in [-0.1, -0.05) is 17.2 Å². The zero-order valence-corrected chi connectivity index (χ0v) is 16.3. The van der Waals surface area contributed by atoms with Crippen LogP contribution in [0.3, 0.4) is 0 Å². The van der Waals surface area contributed by atoms with Crippen molar-refractivity contribution in [2.75, 3.05) is 26.2 Å². The summed E-state index contributed by atoms with van der Waals surface area (Å²) < 4.78 is 5.74. The van der Waals surface area contributed by atoms with Gasteiger partial charge >= 0.3 is 0 Å². The average molecular weight is 358 g/mol. The third-order valence-corrected chi connectivity index (χ3v) is 5.26. The molecule has 1 aromatic rings. The van der Waals surface area contributed by atoms with Crippen LogP contribution in [0.15, 0.2) is 18.2 Å². The van der Waals surface area contributed by atoms with Crippen LogP contribution < -0.4 is 0 Å². The Balaban J connectivity index is 1.68. The first kappa shape index (κ1) is 18.9. The summed E-state index contributed by atoms with van der Waals surface area (Å²) >= 11 is 0. The Bertz CT molecular complexity index is 658. The van der Waals surface area contributed by atoms with Crippen molar-refractivity contribution in [3.63, 3.8) is 0 Å². The van der Waals surface area contributed by atoms with E-state index in [0.29, 0.717) is 19.6 Å². The Labute approximate surface area is 156 Å². The van der Waals surface area contributed by atoms with Gasteiger partial charge in [-0.25, -0.2) is 0 Å². The molecule has 1 aromatic carbocycles. The summed E-state index contributed by atoms with van der Waals surface area (Å²) in [5.74, 6) is 0.110. The van der Waals surface area contributed by atoms with Gasteiger partial charge in [0.15, 0.2) is 0 Å². The van der Waals surface area contributed by atoms with Gasteiger partial charge in [-0.15, -0.1) is 0 Å². The van der Waals surface area contributed by atoms with Crippen LogP contribution in [0.4, 0.5) is 0 Å². The molecule has 0 saturated carbocycles. The van der Waals surface area contributed by atoms with Gasteiger partial charge < -0.3 is 14.5 Å². The number of nitrogens with zero attached hydrogens (tertiary/aromatic N) is 2. The van der Waals surface area contributed by atoms with Gasteiger partial charge in [0, 0.05) is 31.7 Å². The van der Waals surface area contributed by atoms with Crippen LogP contribution in [-0.2, 0) is 9.53 Å². The van der Waals surface area contributed by atoms with Crippen LogP contribution in [0.1, 0.15) is 48.2 Å². The molecule has 0 aliphatic carbocycles. The monoisotopic (exact) mass is 358 g/mol. The van der Waals surface area contributed by atoms with Crippen molar-refractivity contribution in [3.05, 3.63) is 34.9 Å². The Morgan fingerprint density at radius 1 is 0.962 bits per heavy atom. The fourth-order valence-corrected chi connectivity index (χ4v) is 4.26. The molecular formula is C21H30N2O3. The second-order valence-electron chi connectivity index (χ2n) is 7.97. The summed E-state index contributed by atoms with van der Waals surface area (Å²) in [6.07, 6.45) is 1.87. The van der Waals surface area contributed by atoms with E-state index in [-0.39, 0.29) is 29.9 Å². The Morgan fingerprint density at radius 3 is 2.19 bits per heavy atom. The van der Waals surface area contributed by atoms with Crippen LogP contribution in [0.25, 0.3) is 0 Å². The molecule has 0 N–H and O–H groups in total. The zero-order valence-electron chi connectivity index (χ0n) is 16.3. The van der Waals surface area contributed by atoms with E-state index in [1.54, 1.807) is 0 Å². The van der Waals surface area contributed by atoms with Crippen LogP contribution in [-0.4, -0.2) is 60.0 Å². The molecule has 2 saturated heterocycles. The predicted molar refractivity (Wildman–Crippen MR) is 101 cm³/mol. The van der Waals surface area contributed by atoms with E-state index in [2.05, 4.69) is 6.07 Å². The lowest BCUT2D eigenvalue weighted by Gasteiger charge is -2.39. The van der Waals surface area contributed by atoms with Gasteiger partial charge in [0.05, 0.1) is 18.1 Å². The van der Waals surface area contributed by atoms with E-state index >= 15 is 0 Å². The number of rotatable bonds is 2. The van der Waals surface area contributed by atoms with Gasteiger partial charge in [0.1, 0.15) is 0 Å². The predicted octanol–water partition coefficient (Wildman–Crippen LogP) is 2.79. The number of morpholine rings is 1. The summed E-state index contributed by atoms with van der Waals surface area (Å²) in [6.45, 7) is 10.6. The van der Waals surface area contributed by atoms with Crippen LogP contribution in [0.5, 0.6) is 0 Å². The molecule has 0 bridgehead atoms. The number of aryl methyl sites for hydroxylation is 2. The lowest BCUT2D eigenvalue weighted by Crippen LogP contribution is -2.53. The Morgan fingerprint density at radius 2 is 1.58 bits per heavy atom. The molecule has 0 radical (unpaired) electrons. The highest BCUT2D eigenvalue weighted by Gasteiger charge is 2.34. The minimum Gasteiger partial charge on any atom is -0.372 e. The largest absolute Gasteiger partial charge is 0.372 e. The smallest absolute Gasteiger partial charge is 0.253 e. The standard InChI is InChI=1S/C21H30N2O3/c1-14-8-15(2)10-19(9-14)21(25)22-7-5-6-18(13-22)20(24)23-11-16(3)26-17(4)12-23/h8-10,16-18H,5-7,11-13H2,1-4H3. The normalized spacial score (nSPS) is 26.7. The van der Waals surface area contributed by atoms with Gasteiger partial charge in [0.25, 0.3) is 5.91 Å². The number of amides is 2. The lowest BCUT2D eigenvalue weighted by atomic mass is 9.95. The number of ether oxygens (including phenoxy) is 1. The van der Waals surface area contributed by atoms with Crippen molar-refractivity contribution in [1.29, 1.82) is 0 Å². The van der Waals surface area contributed by atoms with Crippen molar-refractivity contribution >= 4 is 11.8 Å². The number of hydrogen-bond acceptors (Lipinski definition) is 3. The quantitative estimate of drug-likeness (QED) is 0.817. The van der Waals surface area contributed by atoms with Crippen LogP contribution >= 0.6 is 0 Å². The maximum atomic E-state index is 13.0. The second kappa shape index (κ2) is 7.78. The zero-order chi connectivity index (χ0) is 18.8. The number of carbonyl (C=O) groups excluding carboxylic acids is 2. The first-order valence-electron chi connectivity index (χ1n) is 9.65. The highest BCUT2D eigenvalue weighted by atomic mass is 16.5. The summed E-state index contributed by atoms with van der Waals surface area (Å²) in [4.78, 5) is 29.7.